The van der Waals surface area contributed by atoms with Crippen LogP contribution in [-0.2, 0) is 11.2 Å². The van der Waals surface area contributed by atoms with Gasteiger partial charge in [0.2, 0.25) is 0 Å². The minimum Gasteiger partial charge on any atom is -0.481 e. The minimum atomic E-state index is -0.777. The fraction of sp³-hybridized carbons (Fsp3) is 0.125. The number of benzene rings is 1. The van der Waals surface area contributed by atoms with Gasteiger partial charge in [-0.25, -0.2) is 4.98 Å². The van der Waals surface area contributed by atoms with Crippen molar-refractivity contribution in [1.82, 2.24) is 9.38 Å². The number of pyridine rings is 1. The number of carboxylic acids is 1. The zero-order valence-corrected chi connectivity index (χ0v) is 10.9. The van der Waals surface area contributed by atoms with E-state index in [1.807, 2.05) is 53.1 Å². The highest BCUT2D eigenvalue weighted by Crippen LogP contribution is 2.25. The second-order valence-corrected chi connectivity index (χ2v) is 4.62. The lowest BCUT2D eigenvalue weighted by molar-refractivity contribution is -0.136. The molecule has 1 aromatic carbocycles. The van der Waals surface area contributed by atoms with Crippen LogP contribution in [0.25, 0.3) is 16.9 Å². The molecule has 1 N–H and O–H groups in total. The Hall–Kier alpha value is -2.62. The number of aryl methyl sites for hydroxylation is 1. The molecule has 4 heteroatoms. The third-order valence-electron chi connectivity index (χ3n) is 3.33. The quantitative estimate of drug-likeness (QED) is 0.789. The van der Waals surface area contributed by atoms with Gasteiger partial charge in [0.05, 0.1) is 5.69 Å². The predicted octanol–water partition coefficient (Wildman–Crippen LogP) is 3.02. The molecule has 100 valence electrons. The molecular weight excluding hydrogens is 252 g/mol. The summed E-state index contributed by atoms with van der Waals surface area (Å²) in [5.74, 6) is -0.777. The highest BCUT2D eigenvalue weighted by Gasteiger charge is 2.09. The summed E-state index contributed by atoms with van der Waals surface area (Å²) in [7, 11) is 0. The Labute approximate surface area is 116 Å². The van der Waals surface area contributed by atoms with Crippen molar-refractivity contribution in [3.8, 4) is 11.3 Å². The van der Waals surface area contributed by atoms with Crippen molar-refractivity contribution in [3.05, 3.63) is 60.4 Å². The Morgan fingerprint density at radius 1 is 1.15 bits per heavy atom. The molecule has 0 radical (unpaired) electrons. The van der Waals surface area contributed by atoms with E-state index in [-0.39, 0.29) is 6.42 Å². The number of rotatable bonds is 4. The molecule has 0 aliphatic rings. The van der Waals surface area contributed by atoms with Crippen LogP contribution < -0.4 is 0 Å². The van der Waals surface area contributed by atoms with E-state index in [1.54, 1.807) is 6.20 Å². The molecular formula is C16H14N2O2. The van der Waals surface area contributed by atoms with Crippen LogP contribution in [-0.4, -0.2) is 20.5 Å². The van der Waals surface area contributed by atoms with Crippen molar-refractivity contribution < 1.29 is 9.90 Å². The summed E-state index contributed by atoms with van der Waals surface area (Å²) < 4.78 is 2.01. The summed E-state index contributed by atoms with van der Waals surface area (Å²) in [6, 6.07) is 13.8. The van der Waals surface area contributed by atoms with Gasteiger partial charge < -0.3 is 5.11 Å². The van der Waals surface area contributed by atoms with Gasteiger partial charge in [-0.2, -0.15) is 0 Å². The smallest absolute Gasteiger partial charge is 0.303 e. The Balaban J connectivity index is 2.09. The summed E-state index contributed by atoms with van der Waals surface area (Å²) in [6.07, 6.45) is 4.34. The van der Waals surface area contributed by atoms with E-state index in [4.69, 9.17) is 5.11 Å². The summed E-state index contributed by atoms with van der Waals surface area (Å²) >= 11 is 0. The van der Waals surface area contributed by atoms with Crippen molar-refractivity contribution in [1.29, 1.82) is 0 Å². The first-order valence-electron chi connectivity index (χ1n) is 6.48. The Kier molecular flexibility index (Phi) is 3.21. The van der Waals surface area contributed by atoms with Gasteiger partial charge in [0, 0.05) is 24.4 Å². The SMILES string of the molecule is O=C(O)CCc1ccccc1-c1cccc2nccn12. The monoisotopic (exact) mass is 266 g/mol. The number of nitrogens with zero attached hydrogens (tertiary/aromatic N) is 2. The number of aliphatic carboxylic acids is 1. The maximum Gasteiger partial charge on any atom is 0.303 e. The molecule has 3 aromatic rings. The van der Waals surface area contributed by atoms with Crippen LogP contribution in [0.5, 0.6) is 0 Å². The average molecular weight is 266 g/mol. The highest BCUT2D eigenvalue weighted by molar-refractivity contribution is 5.70. The lowest BCUT2D eigenvalue weighted by atomic mass is 10.00. The molecule has 0 saturated carbocycles. The topological polar surface area (TPSA) is 54.6 Å². The molecule has 4 nitrogen and oxygen atoms in total. The number of hydrogen-bond donors (Lipinski definition) is 1. The third-order valence-corrected chi connectivity index (χ3v) is 3.33. The minimum absolute atomic E-state index is 0.136. The number of aromatic nitrogens is 2. The van der Waals surface area contributed by atoms with Crippen LogP contribution in [0.4, 0.5) is 0 Å². The third kappa shape index (κ3) is 2.28. The van der Waals surface area contributed by atoms with Gasteiger partial charge in [0.25, 0.3) is 0 Å². The molecule has 0 spiro atoms. The number of imidazole rings is 1. The molecule has 0 atom stereocenters. The maximum atomic E-state index is 10.8. The number of fused-ring (bicyclic) bond motifs is 1. The average Bonchev–Trinajstić information content (AvgIpc) is 2.93. The van der Waals surface area contributed by atoms with Crippen LogP contribution in [0, 0.1) is 0 Å². The van der Waals surface area contributed by atoms with Crippen LogP contribution in [0.3, 0.4) is 0 Å². The van der Waals surface area contributed by atoms with Crippen molar-refractivity contribution >= 4 is 11.6 Å². The standard InChI is InChI=1S/C16H14N2O2/c19-16(20)9-8-12-4-1-2-5-13(12)14-6-3-7-15-17-10-11-18(14)15/h1-7,10-11H,8-9H2,(H,19,20). The van der Waals surface area contributed by atoms with Gasteiger partial charge in [-0.1, -0.05) is 30.3 Å². The van der Waals surface area contributed by atoms with Crippen molar-refractivity contribution in [2.24, 2.45) is 0 Å². The number of hydrogen-bond acceptors (Lipinski definition) is 2. The summed E-state index contributed by atoms with van der Waals surface area (Å²) in [5.41, 5.74) is 4.00. The second kappa shape index (κ2) is 5.17. The second-order valence-electron chi connectivity index (χ2n) is 4.62. The molecule has 0 amide bonds. The fourth-order valence-corrected chi connectivity index (χ4v) is 2.40. The fourth-order valence-electron chi connectivity index (χ4n) is 2.40. The van der Waals surface area contributed by atoms with E-state index in [1.165, 1.54) is 0 Å². The van der Waals surface area contributed by atoms with E-state index in [0.29, 0.717) is 6.42 Å². The molecule has 0 saturated heterocycles. The molecule has 0 bridgehead atoms. The molecule has 3 rings (SSSR count). The van der Waals surface area contributed by atoms with Crippen LogP contribution in [0.15, 0.2) is 54.9 Å². The predicted molar refractivity (Wildman–Crippen MR) is 76.6 cm³/mol. The van der Waals surface area contributed by atoms with Crippen LogP contribution in [0.1, 0.15) is 12.0 Å². The molecule has 2 aromatic heterocycles. The molecule has 20 heavy (non-hydrogen) atoms. The summed E-state index contributed by atoms with van der Waals surface area (Å²) in [4.78, 5) is 15.1. The highest BCUT2D eigenvalue weighted by atomic mass is 16.4. The van der Waals surface area contributed by atoms with Crippen LogP contribution in [0.2, 0.25) is 0 Å². The number of carbonyl (C=O) groups is 1. The van der Waals surface area contributed by atoms with E-state index in [2.05, 4.69) is 4.98 Å². The van der Waals surface area contributed by atoms with E-state index < -0.39 is 5.97 Å². The molecule has 0 fully saturated rings. The Bertz CT molecular complexity index is 762. The van der Waals surface area contributed by atoms with Gasteiger partial charge in [-0.3, -0.25) is 9.20 Å². The lowest BCUT2D eigenvalue weighted by Crippen LogP contribution is -2.00. The van der Waals surface area contributed by atoms with Gasteiger partial charge in [0.1, 0.15) is 5.65 Å². The lowest BCUT2D eigenvalue weighted by Gasteiger charge is -2.11. The largest absolute Gasteiger partial charge is 0.481 e. The first-order valence-corrected chi connectivity index (χ1v) is 6.48. The normalized spacial score (nSPS) is 10.8. The maximum absolute atomic E-state index is 10.8. The van der Waals surface area contributed by atoms with E-state index >= 15 is 0 Å². The first kappa shape index (κ1) is 12.4. The molecule has 2 heterocycles. The molecule has 0 aliphatic heterocycles. The van der Waals surface area contributed by atoms with Gasteiger partial charge >= 0.3 is 5.97 Å². The Morgan fingerprint density at radius 3 is 2.85 bits per heavy atom. The zero-order valence-electron chi connectivity index (χ0n) is 10.9. The van der Waals surface area contributed by atoms with Gasteiger partial charge in [-0.15, -0.1) is 0 Å². The van der Waals surface area contributed by atoms with E-state index in [9.17, 15) is 4.79 Å². The zero-order chi connectivity index (χ0) is 13.9. The van der Waals surface area contributed by atoms with Gasteiger partial charge in [-0.05, 0) is 24.1 Å². The molecule has 0 unspecified atom stereocenters. The molecule has 0 aliphatic carbocycles. The number of carboxylic acid groups (broad SMARTS) is 1. The van der Waals surface area contributed by atoms with Crippen molar-refractivity contribution in [3.63, 3.8) is 0 Å². The van der Waals surface area contributed by atoms with Gasteiger partial charge in [0.15, 0.2) is 0 Å². The van der Waals surface area contributed by atoms with E-state index in [0.717, 1.165) is 22.5 Å². The van der Waals surface area contributed by atoms with Crippen molar-refractivity contribution in [2.45, 2.75) is 12.8 Å². The van der Waals surface area contributed by atoms with Crippen LogP contribution >= 0.6 is 0 Å². The summed E-state index contributed by atoms with van der Waals surface area (Å²) in [6.45, 7) is 0. The summed E-state index contributed by atoms with van der Waals surface area (Å²) in [5, 5.41) is 8.86. The van der Waals surface area contributed by atoms with Crippen molar-refractivity contribution in [2.75, 3.05) is 0 Å². The Morgan fingerprint density at radius 2 is 2.00 bits per heavy atom. The first-order chi connectivity index (χ1) is 9.75.